The van der Waals surface area contributed by atoms with E-state index in [1.165, 1.54) is 23.9 Å². The molecule has 1 aliphatic rings. The number of hydrogen-bond acceptors (Lipinski definition) is 4. The van der Waals surface area contributed by atoms with Gasteiger partial charge >= 0.3 is 0 Å². The average molecular weight is 410 g/mol. The Hall–Kier alpha value is -3.13. The fourth-order valence-corrected chi connectivity index (χ4v) is 4.22. The van der Waals surface area contributed by atoms with Gasteiger partial charge in [0, 0.05) is 24.9 Å². The van der Waals surface area contributed by atoms with Crippen LogP contribution in [0.5, 0.6) is 0 Å². The smallest absolute Gasteiger partial charge is 0.237 e. The first-order valence-electron chi connectivity index (χ1n) is 9.16. The molecule has 2 aromatic carbocycles. The second kappa shape index (κ2) is 8.08. The lowest BCUT2D eigenvalue weighted by Gasteiger charge is -2.27. The number of halogens is 1. The normalized spacial score (nSPS) is 16.1. The summed E-state index contributed by atoms with van der Waals surface area (Å²) in [5.74, 6) is -0.440. The van der Waals surface area contributed by atoms with Gasteiger partial charge in [0.25, 0.3) is 0 Å². The van der Waals surface area contributed by atoms with Crippen molar-refractivity contribution < 1.29 is 14.0 Å². The SMILES string of the molecule is C[C@@H]1CC(=O)Nc2ccccc2N1C(=O)CSc1nccn1-c1cccc(F)c1. The zero-order chi connectivity index (χ0) is 20.4. The number of thioether (sulfide) groups is 1. The quantitative estimate of drug-likeness (QED) is 0.663. The predicted octanol–water partition coefficient (Wildman–Crippen LogP) is 3.87. The van der Waals surface area contributed by atoms with E-state index in [1.54, 1.807) is 40.1 Å². The van der Waals surface area contributed by atoms with Crippen molar-refractivity contribution in [1.82, 2.24) is 9.55 Å². The first-order valence-corrected chi connectivity index (χ1v) is 10.1. The van der Waals surface area contributed by atoms with Crippen molar-refractivity contribution in [2.24, 2.45) is 0 Å². The minimum atomic E-state index is -0.338. The third kappa shape index (κ3) is 4.02. The van der Waals surface area contributed by atoms with Crippen LogP contribution in [0.1, 0.15) is 13.3 Å². The second-order valence-corrected chi connectivity index (χ2v) is 7.67. The Morgan fingerprint density at radius 1 is 1.28 bits per heavy atom. The Labute approximate surface area is 171 Å². The van der Waals surface area contributed by atoms with E-state index in [1.807, 2.05) is 25.1 Å². The summed E-state index contributed by atoms with van der Waals surface area (Å²) < 4.78 is 15.3. The molecule has 8 heteroatoms. The van der Waals surface area contributed by atoms with E-state index in [-0.39, 0.29) is 35.8 Å². The zero-order valence-corrected chi connectivity index (χ0v) is 16.5. The van der Waals surface area contributed by atoms with Gasteiger partial charge in [0.2, 0.25) is 11.8 Å². The highest BCUT2D eigenvalue weighted by Gasteiger charge is 2.29. The number of anilines is 2. The molecular weight excluding hydrogens is 391 g/mol. The molecule has 0 spiro atoms. The molecule has 29 heavy (non-hydrogen) atoms. The Bertz CT molecular complexity index is 1070. The molecule has 6 nitrogen and oxygen atoms in total. The third-order valence-corrected chi connectivity index (χ3v) is 5.60. The summed E-state index contributed by atoms with van der Waals surface area (Å²) in [5.41, 5.74) is 1.95. The van der Waals surface area contributed by atoms with E-state index in [9.17, 15) is 14.0 Å². The van der Waals surface area contributed by atoms with Gasteiger partial charge in [-0.15, -0.1) is 0 Å². The summed E-state index contributed by atoms with van der Waals surface area (Å²) in [4.78, 5) is 31.2. The average Bonchev–Trinajstić information content (AvgIpc) is 3.11. The summed E-state index contributed by atoms with van der Waals surface area (Å²) in [6, 6.07) is 13.2. The minimum Gasteiger partial charge on any atom is -0.324 e. The maximum atomic E-state index is 13.6. The number of imidazole rings is 1. The molecule has 0 fully saturated rings. The first kappa shape index (κ1) is 19.2. The molecule has 0 radical (unpaired) electrons. The molecule has 0 bridgehead atoms. The number of amides is 2. The monoisotopic (exact) mass is 410 g/mol. The number of carbonyl (C=O) groups excluding carboxylic acids is 2. The van der Waals surface area contributed by atoms with Crippen LogP contribution in [0.25, 0.3) is 5.69 Å². The number of fused-ring (bicyclic) bond motifs is 1. The van der Waals surface area contributed by atoms with Crippen LogP contribution in [-0.2, 0) is 9.59 Å². The van der Waals surface area contributed by atoms with E-state index >= 15 is 0 Å². The van der Waals surface area contributed by atoms with Crippen LogP contribution >= 0.6 is 11.8 Å². The number of carbonyl (C=O) groups is 2. The standard InChI is InChI=1S/C21H19FN4O2S/c1-14-11-19(27)24-17-7-2-3-8-18(17)26(14)20(28)13-29-21-23-9-10-25(21)16-6-4-5-15(22)12-16/h2-10,12,14H,11,13H2,1H3,(H,24,27)/t14-/m1/s1. The van der Waals surface area contributed by atoms with Crippen LogP contribution in [-0.4, -0.2) is 33.2 Å². The zero-order valence-electron chi connectivity index (χ0n) is 15.7. The van der Waals surface area contributed by atoms with Gasteiger partial charge in [-0.05, 0) is 37.3 Å². The van der Waals surface area contributed by atoms with Crippen LogP contribution in [0.3, 0.4) is 0 Å². The fourth-order valence-electron chi connectivity index (χ4n) is 3.38. The molecule has 2 amide bonds. The summed E-state index contributed by atoms with van der Waals surface area (Å²) in [5, 5.41) is 3.44. The molecule has 3 aromatic rings. The van der Waals surface area contributed by atoms with Crippen molar-refractivity contribution in [3.05, 3.63) is 66.7 Å². The Morgan fingerprint density at radius 2 is 2.10 bits per heavy atom. The number of benzene rings is 2. The highest BCUT2D eigenvalue weighted by molar-refractivity contribution is 7.99. The van der Waals surface area contributed by atoms with Crippen molar-refractivity contribution in [3.63, 3.8) is 0 Å². The van der Waals surface area contributed by atoms with Crippen molar-refractivity contribution in [2.45, 2.75) is 24.5 Å². The summed E-state index contributed by atoms with van der Waals surface area (Å²) in [6.45, 7) is 1.86. The van der Waals surface area contributed by atoms with Gasteiger partial charge in [-0.25, -0.2) is 9.37 Å². The molecular formula is C21H19FN4O2S. The fraction of sp³-hybridized carbons (Fsp3) is 0.190. The number of hydrogen-bond donors (Lipinski definition) is 1. The maximum absolute atomic E-state index is 13.6. The molecule has 0 unspecified atom stereocenters. The van der Waals surface area contributed by atoms with Crippen molar-refractivity contribution in [3.8, 4) is 5.69 Å². The Kier molecular flexibility index (Phi) is 5.35. The van der Waals surface area contributed by atoms with E-state index in [4.69, 9.17) is 0 Å². The van der Waals surface area contributed by atoms with Gasteiger partial charge in [0.15, 0.2) is 5.16 Å². The predicted molar refractivity (Wildman–Crippen MR) is 111 cm³/mol. The molecule has 1 aliphatic heterocycles. The van der Waals surface area contributed by atoms with Gasteiger partial charge in [0.05, 0.1) is 22.8 Å². The van der Waals surface area contributed by atoms with Crippen LogP contribution < -0.4 is 10.2 Å². The largest absolute Gasteiger partial charge is 0.324 e. The molecule has 1 aromatic heterocycles. The number of nitrogens with zero attached hydrogens (tertiary/aromatic N) is 3. The number of aromatic nitrogens is 2. The van der Waals surface area contributed by atoms with Crippen molar-refractivity contribution >= 4 is 35.0 Å². The minimum absolute atomic E-state index is 0.116. The molecule has 1 N–H and O–H groups in total. The summed E-state index contributed by atoms with van der Waals surface area (Å²) >= 11 is 1.27. The molecule has 4 rings (SSSR count). The van der Waals surface area contributed by atoms with Crippen LogP contribution in [0.4, 0.5) is 15.8 Å². The molecule has 148 valence electrons. The maximum Gasteiger partial charge on any atom is 0.237 e. The van der Waals surface area contributed by atoms with Crippen LogP contribution in [0.2, 0.25) is 0 Å². The summed E-state index contributed by atoms with van der Waals surface area (Å²) in [6.07, 6.45) is 3.57. The van der Waals surface area contributed by atoms with E-state index in [0.717, 1.165) is 0 Å². The lowest BCUT2D eigenvalue weighted by Crippen LogP contribution is -2.40. The highest BCUT2D eigenvalue weighted by atomic mass is 32.2. The van der Waals surface area contributed by atoms with E-state index < -0.39 is 0 Å². The molecule has 0 saturated heterocycles. The van der Waals surface area contributed by atoms with Gasteiger partial charge in [-0.2, -0.15) is 0 Å². The molecule has 1 atom stereocenters. The molecule has 2 heterocycles. The molecule has 0 aliphatic carbocycles. The van der Waals surface area contributed by atoms with E-state index in [0.29, 0.717) is 22.2 Å². The number of nitrogens with one attached hydrogen (secondary N) is 1. The third-order valence-electron chi connectivity index (χ3n) is 4.65. The van der Waals surface area contributed by atoms with E-state index in [2.05, 4.69) is 10.3 Å². The van der Waals surface area contributed by atoms with Crippen molar-refractivity contribution in [2.75, 3.05) is 16.0 Å². The first-order chi connectivity index (χ1) is 14.0. The van der Waals surface area contributed by atoms with Crippen LogP contribution in [0, 0.1) is 5.82 Å². The topological polar surface area (TPSA) is 67.2 Å². The van der Waals surface area contributed by atoms with Gasteiger partial charge in [-0.3, -0.25) is 14.2 Å². The van der Waals surface area contributed by atoms with Gasteiger partial charge in [0.1, 0.15) is 5.82 Å². The summed E-state index contributed by atoms with van der Waals surface area (Å²) in [7, 11) is 0. The second-order valence-electron chi connectivity index (χ2n) is 6.73. The molecule has 0 saturated carbocycles. The highest BCUT2D eigenvalue weighted by Crippen LogP contribution is 2.32. The van der Waals surface area contributed by atoms with Crippen molar-refractivity contribution in [1.29, 1.82) is 0 Å². The Balaban J connectivity index is 1.55. The lowest BCUT2D eigenvalue weighted by atomic mass is 10.2. The van der Waals surface area contributed by atoms with Gasteiger partial charge in [-0.1, -0.05) is 30.0 Å². The lowest BCUT2D eigenvalue weighted by molar-refractivity contribution is -0.117. The van der Waals surface area contributed by atoms with Gasteiger partial charge < -0.3 is 10.2 Å². The number of rotatable bonds is 4. The number of para-hydroxylation sites is 2. The Morgan fingerprint density at radius 3 is 2.93 bits per heavy atom. The van der Waals surface area contributed by atoms with Crippen LogP contribution in [0.15, 0.2) is 66.1 Å².